The lowest BCUT2D eigenvalue weighted by molar-refractivity contribution is -0.147. The fourth-order valence-electron chi connectivity index (χ4n) is 3.65. The molecular formula is C18H25F3N2O3. The van der Waals surface area contributed by atoms with E-state index < -0.39 is 34.9 Å². The summed E-state index contributed by atoms with van der Waals surface area (Å²) in [6.45, 7) is 3.95. The molecule has 2 unspecified atom stereocenters. The quantitative estimate of drug-likeness (QED) is 0.826. The Morgan fingerprint density at radius 1 is 1.19 bits per heavy atom. The molecule has 0 aromatic carbocycles. The number of nitrogens with two attached hydrogens (primary N) is 1. The van der Waals surface area contributed by atoms with E-state index in [1.54, 1.807) is 0 Å². The summed E-state index contributed by atoms with van der Waals surface area (Å²) in [5, 5.41) is 0. The largest absolute Gasteiger partial charge is 0.431 e. The van der Waals surface area contributed by atoms with Crippen molar-refractivity contribution in [1.82, 2.24) is 4.57 Å². The van der Waals surface area contributed by atoms with E-state index >= 15 is 0 Å². The van der Waals surface area contributed by atoms with Crippen LogP contribution in [-0.4, -0.2) is 22.7 Å². The molecule has 2 heterocycles. The van der Waals surface area contributed by atoms with Crippen molar-refractivity contribution in [3.63, 3.8) is 0 Å². The van der Waals surface area contributed by atoms with Gasteiger partial charge in [0.1, 0.15) is 11.3 Å². The predicted octanol–water partition coefficient (Wildman–Crippen LogP) is 3.65. The highest BCUT2D eigenvalue weighted by Crippen LogP contribution is 2.36. The van der Waals surface area contributed by atoms with E-state index in [0.717, 1.165) is 25.0 Å². The molecule has 1 aliphatic rings. The zero-order valence-electron chi connectivity index (χ0n) is 15.0. The van der Waals surface area contributed by atoms with E-state index in [1.807, 2.05) is 13.8 Å². The van der Waals surface area contributed by atoms with Gasteiger partial charge in [0, 0.05) is 6.04 Å². The summed E-state index contributed by atoms with van der Waals surface area (Å²) in [7, 11) is 0. The van der Waals surface area contributed by atoms with Gasteiger partial charge in [0.2, 0.25) is 0 Å². The van der Waals surface area contributed by atoms with Crippen LogP contribution in [0.2, 0.25) is 0 Å². The molecule has 1 aromatic rings. The average molecular weight is 374 g/mol. The van der Waals surface area contributed by atoms with E-state index in [-0.39, 0.29) is 12.2 Å². The summed E-state index contributed by atoms with van der Waals surface area (Å²) in [5.41, 5.74) is 2.70. The highest BCUT2D eigenvalue weighted by atomic mass is 19.4. The van der Waals surface area contributed by atoms with E-state index in [0.29, 0.717) is 30.3 Å². The number of alkyl halides is 3. The topological polar surface area (TPSA) is 74.3 Å². The number of ether oxygens (including phenoxy) is 1. The van der Waals surface area contributed by atoms with E-state index in [1.165, 1.54) is 0 Å². The smallest absolute Gasteiger partial charge is 0.375 e. The number of nitrogens with zero attached hydrogens (tertiary/aromatic N) is 1. The van der Waals surface area contributed by atoms with Crippen LogP contribution in [-0.2, 0) is 10.9 Å². The number of primary amides is 1. The first-order chi connectivity index (χ1) is 12.2. The first kappa shape index (κ1) is 20.5. The second-order valence-corrected chi connectivity index (χ2v) is 6.75. The molecule has 2 rings (SSSR count). The number of hydrogen-bond donors (Lipinski definition) is 1. The van der Waals surface area contributed by atoms with Gasteiger partial charge in [-0.2, -0.15) is 13.2 Å². The maximum Gasteiger partial charge on any atom is 0.431 e. The van der Waals surface area contributed by atoms with Gasteiger partial charge in [0.25, 0.3) is 11.5 Å². The van der Waals surface area contributed by atoms with Crippen molar-refractivity contribution in [2.45, 2.75) is 76.8 Å². The Balaban J connectivity index is 2.54. The molecule has 1 aromatic heterocycles. The maximum atomic E-state index is 13.5. The Morgan fingerprint density at radius 3 is 2.15 bits per heavy atom. The fraction of sp³-hybridized carbons (Fsp3) is 0.667. The molecule has 146 valence electrons. The van der Waals surface area contributed by atoms with Crippen molar-refractivity contribution in [1.29, 1.82) is 0 Å². The monoisotopic (exact) mass is 374 g/mol. The second kappa shape index (κ2) is 8.24. The zero-order chi connectivity index (χ0) is 19.5. The number of pyridine rings is 1. The van der Waals surface area contributed by atoms with Gasteiger partial charge < -0.3 is 15.0 Å². The zero-order valence-corrected chi connectivity index (χ0v) is 15.0. The standard InChI is InChI=1S/C18H25F3N2O3/c1-3-5-12-9-11(10-13(26-12)6-4-2)23-15(18(19,20)21)8-7-14(16(22)24)17(23)25/h7-8,11-13H,3-6,9-10H2,1-2H3,(H2,22,24). The molecule has 8 heteroatoms. The van der Waals surface area contributed by atoms with Crippen LogP contribution in [0.1, 0.15) is 74.5 Å². The first-order valence-corrected chi connectivity index (χ1v) is 8.97. The summed E-state index contributed by atoms with van der Waals surface area (Å²) in [6, 6.07) is 0.942. The summed E-state index contributed by atoms with van der Waals surface area (Å²) < 4.78 is 47.2. The number of carbonyl (C=O) groups excluding carboxylic acids is 1. The Labute approximate surface area is 150 Å². The number of aromatic nitrogens is 1. The van der Waals surface area contributed by atoms with E-state index in [4.69, 9.17) is 10.5 Å². The van der Waals surface area contributed by atoms with Gasteiger partial charge in [0.05, 0.1) is 12.2 Å². The Morgan fingerprint density at radius 2 is 1.73 bits per heavy atom. The number of halogens is 3. The van der Waals surface area contributed by atoms with Gasteiger partial charge in [-0.3, -0.25) is 9.59 Å². The van der Waals surface area contributed by atoms with Gasteiger partial charge in [-0.25, -0.2) is 0 Å². The molecule has 0 spiro atoms. The number of amides is 1. The van der Waals surface area contributed by atoms with Crippen LogP contribution < -0.4 is 11.3 Å². The van der Waals surface area contributed by atoms with Crippen molar-refractivity contribution in [3.05, 3.63) is 33.7 Å². The summed E-state index contributed by atoms with van der Waals surface area (Å²) in [4.78, 5) is 24.1. The van der Waals surface area contributed by atoms with Gasteiger partial charge >= 0.3 is 6.18 Å². The van der Waals surface area contributed by atoms with Gasteiger partial charge in [-0.05, 0) is 37.8 Å². The lowest BCUT2D eigenvalue weighted by atomic mass is 9.93. The van der Waals surface area contributed by atoms with Crippen LogP contribution in [0, 0.1) is 0 Å². The number of rotatable bonds is 6. The van der Waals surface area contributed by atoms with Crippen LogP contribution in [0.4, 0.5) is 13.2 Å². The van der Waals surface area contributed by atoms with Crippen molar-refractivity contribution in [2.75, 3.05) is 0 Å². The van der Waals surface area contributed by atoms with Crippen molar-refractivity contribution in [3.8, 4) is 0 Å². The minimum absolute atomic E-state index is 0.208. The third-order valence-corrected chi connectivity index (χ3v) is 4.71. The average Bonchev–Trinajstić information content (AvgIpc) is 2.53. The maximum absolute atomic E-state index is 13.5. The molecule has 26 heavy (non-hydrogen) atoms. The van der Waals surface area contributed by atoms with Crippen LogP contribution >= 0.6 is 0 Å². The SMILES string of the molecule is CCCC1CC(n2c(C(F)(F)F)ccc(C(N)=O)c2=O)CC(CCC)O1. The van der Waals surface area contributed by atoms with Crippen LogP contribution in [0.25, 0.3) is 0 Å². The second-order valence-electron chi connectivity index (χ2n) is 6.75. The molecule has 0 aliphatic carbocycles. The minimum atomic E-state index is -4.70. The molecule has 2 atom stereocenters. The normalized spacial score (nSPS) is 23.8. The fourth-order valence-corrected chi connectivity index (χ4v) is 3.65. The van der Waals surface area contributed by atoms with Crippen molar-refractivity contribution in [2.24, 2.45) is 5.73 Å². The minimum Gasteiger partial charge on any atom is -0.375 e. The highest BCUT2D eigenvalue weighted by molar-refractivity contribution is 5.92. The number of hydrogen-bond acceptors (Lipinski definition) is 3. The van der Waals surface area contributed by atoms with E-state index in [2.05, 4.69) is 0 Å². The van der Waals surface area contributed by atoms with E-state index in [9.17, 15) is 22.8 Å². The molecule has 2 N–H and O–H groups in total. The summed E-state index contributed by atoms with van der Waals surface area (Å²) >= 11 is 0. The summed E-state index contributed by atoms with van der Waals surface area (Å²) in [5.74, 6) is -1.03. The lowest BCUT2D eigenvalue weighted by Gasteiger charge is -2.37. The predicted molar refractivity (Wildman–Crippen MR) is 91.0 cm³/mol. The third kappa shape index (κ3) is 4.47. The third-order valence-electron chi connectivity index (χ3n) is 4.71. The van der Waals surface area contributed by atoms with Crippen LogP contribution in [0.15, 0.2) is 16.9 Å². The number of carbonyl (C=O) groups is 1. The van der Waals surface area contributed by atoms with Crippen molar-refractivity contribution >= 4 is 5.91 Å². The molecule has 0 saturated carbocycles. The van der Waals surface area contributed by atoms with Gasteiger partial charge in [-0.1, -0.05) is 26.7 Å². The van der Waals surface area contributed by atoms with Gasteiger partial charge in [0.15, 0.2) is 0 Å². The molecule has 1 amide bonds. The molecule has 0 bridgehead atoms. The van der Waals surface area contributed by atoms with Crippen molar-refractivity contribution < 1.29 is 22.7 Å². The lowest BCUT2D eigenvalue weighted by Crippen LogP contribution is -2.42. The molecule has 1 aliphatic heterocycles. The highest BCUT2D eigenvalue weighted by Gasteiger charge is 2.39. The van der Waals surface area contributed by atoms with Crippen LogP contribution in [0.3, 0.4) is 0 Å². The molecule has 0 radical (unpaired) electrons. The first-order valence-electron chi connectivity index (χ1n) is 8.97. The molecule has 5 nitrogen and oxygen atoms in total. The molecular weight excluding hydrogens is 349 g/mol. The van der Waals surface area contributed by atoms with Gasteiger partial charge in [-0.15, -0.1) is 0 Å². The Bertz CT molecular complexity index is 686. The van der Waals surface area contributed by atoms with Crippen LogP contribution in [0.5, 0.6) is 0 Å². The Hall–Kier alpha value is -1.83. The molecule has 1 fully saturated rings. The summed E-state index contributed by atoms with van der Waals surface area (Å²) in [6.07, 6.45) is -1.42. The molecule has 1 saturated heterocycles. The Kier molecular flexibility index (Phi) is 6.49.